The molecule has 0 aliphatic rings. The number of carboxylic acid groups (broad SMARTS) is 1. The number of hydrogen-bond acceptors (Lipinski definition) is 5. The summed E-state index contributed by atoms with van der Waals surface area (Å²) in [4.78, 5) is 10.4. The number of halogens is 1. The van der Waals surface area contributed by atoms with E-state index in [0.29, 0.717) is 41.8 Å². The van der Waals surface area contributed by atoms with E-state index in [1.54, 1.807) is 24.3 Å². The van der Waals surface area contributed by atoms with E-state index in [9.17, 15) is 4.79 Å². The fourth-order valence-electron chi connectivity index (χ4n) is 1.68. The molecule has 0 saturated carbocycles. The summed E-state index contributed by atoms with van der Waals surface area (Å²) in [6.45, 7) is 0.184. The summed E-state index contributed by atoms with van der Waals surface area (Å²) < 4.78 is 10.9. The van der Waals surface area contributed by atoms with Crippen molar-refractivity contribution in [1.29, 1.82) is 0 Å². The van der Waals surface area contributed by atoms with Crippen LogP contribution < -0.4 is 4.74 Å². The highest BCUT2D eigenvalue weighted by atomic mass is 35.5. The Morgan fingerprint density at radius 1 is 1.19 bits per heavy atom. The average molecular weight is 311 g/mol. The Bertz CT molecular complexity index is 583. The Hall–Kier alpha value is -2.08. The fourth-order valence-corrected chi connectivity index (χ4v) is 1.80. The van der Waals surface area contributed by atoms with E-state index in [0.717, 1.165) is 0 Å². The van der Waals surface area contributed by atoms with Crippen molar-refractivity contribution >= 4 is 17.6 Å². The van der Waals surface area contributed by atoms with E-state index < -0.39 is 5.97 Å². The first kappa shape index (κ1) is 15.3. The van der Waals surface area contributed by atoms with Gasteiger partial charge in [-0.2, -0.15) is 0 Å². The van der Waals surface area contributed by atoms with Crippen LogP contribution in [0.2, 0.25) is 5.02 Å². The van der Waals surface area contributed by atoms with Crippen molar-refractivity contribution in [2.24, 2.45) is 0 Å². The lowest BCUT2D eigenvalue weighted by Crippen LogP contribution is -1.95. The third-order valence-corrected chi connectivity index (χ3v) is 2.97. The molecule has 6 nitrogen and oxygen atoms in total. The van der Waals surface area contributed by atoms with Gasteiger partial charge in [-0.15, -0.1) is 10.2 Å². The topological polar surface area (TPSA) is 85.5 Å². The molecule has 0 radical (unpaired) electrons. The number of benzene rings is 1. The van der Waals surface area contributed by atoms with E-state index in [1.165, 1.54) is 0 Å². The first-order chi connectivity index (χ1) is 10.1. The molecule has 0 atom stereocenters. The van der Waals surface area contributed by atoms with Gasteiger partial charge in [0, 0.05) is 17.9 Å². The highest BCUT2D eigenvalue weighted by Gasteiger charge is 2.07. The van der Waals surface area contributed by atoms with Crippen LogP contribution in [-0.4, -0.2) is 21.3 Å². The van der Waals surface area contributed by atoms with E-state index in [1.807, 2.05) is 0 Å². The highest BCUT2D eigenvalue weighted by Crippen LogP contribution is 2.16. The SMILES string of the molecule is O=C(O)CCCCc1nnc(COc2ccc(Cl)cc2)o1. The molecule has 0 unspecified atom stereocenters. The van der Waals surface area contributed by atoms with Crippen LogP contribution in [0, 0.1) is 0 Å². The van der Waals surface area contributed by atoms with Crippen LogP contribution in [0.3, 0.4) is 0 Å². The number of carbonyl (C=O) groups is 1. The molecule has 0 aliphatic carbocycles. The lowest BCUT2D eigenvalue weighted by molar-refractivity contribution is -0.137. The van der Waals surface area contributed by atoms with Crippen LogP contribution in [0.4, 0.5) is 0 Å². The van der Waals surface area contributed by atoms with E-state index >= 15 is 0 Å². The van der Waals surface area contributed by atoms with Gasteiger partial charge in [0.25, 0.3) is 5.89 Å². The second-order valence-electron chi connectivity index (χ2n) is 4.43. The molecule has 0 saturated heterocycles. The Morgan fingerprint density at radius 2 is 1.90 bits per heavy atom. The van der Waals surface area contributed by atoms with Gasteiger partial charge in [-0.3, -0.25) is 4.79 Å². The normalized spacial score (nSPS) is 10.5. The number of rotatable bonds is 8. The molecule has 0 spiro atoms. The van der Waals surface area contributed by atoms with Crippen LogP contribution in [0.1, 0.15) is 31.0 Å². The van der Waals surface area contributed by atoms with Gasteiger partial charge in [-0.25, -0.2) is 0 Å². The van der Waals surface area contributed by atoms with Crippen LogP contribution >= 0.6 is 11.6 Å². The third-order valence-electron chi connectivity index (χ3n) is 2.72. The second-order valence-corrected chi connectivity index (χ2v) is 4.87. The van der Waals surface area contributed by atoms with Crippen molar-refractivity contribution in [1.82, 2.24) is 10.2 Å². The van der Waals surface area contributed by atoms with E-state index in [4.69, 9.17) is 25.9 Å². The number of aromatic nitrogens is 2. The first-order valence-corrected chi connectivity index (χ1v) is 6.92. The molecule has 1 aromatic heterocycles. The number of hydrogen-bond donors (Lipinski definition) is 1. The summed E-state index contributed by atoms with van der Waals surface area (Å²) in [6, 6.07) is 6.98. The zero-order valence-electron chi connectivity index (χ0n) is 11.3. The molecule has 0 bridgehead atoms. The van der Waals surface area contributed by atoms with Crippen molar-refractivity contribution in [3.8, 4) is 5.75 Å². The number of nitrogens with zero attached hydrogens (tertiary/aromatic N) is 2. The summed E-state index contributed by atoms with van der Waals surface area (Å²) in [6.07, 6.45) is 2.02. The fraction of sp³-hybridized carbons (Fsp3) is 0.357. The minimum atomic E-state index is -0.794. The summed E-state index contributed by atoms with van der Waals surface area (Å²) in [5.41, 5.74) is 0. The summed E-state index contributed by atoms with van der Waals surface area (Å²) >= 11 is 5.78. The van der Waals surface area contributed by atoms with Crippen LogP contribution in [0.25, 0.3) is 0 Å². The predicted molar refractivity (Wildman–Crippen MR) is 75.3 cm³/mol. The molecule has 0 aliphatic heterocycles. The maximum absolute atomic E-state index is 10.4. The molecule has 1 heterocycles. The Morgan fingerprint density at radius 3 is 2.62 bits per heavy atom. The van der Waals surface area contributed by atoms with Crippen molar-refractivity contribution in [3.05, 3.63) is 41.1 Å². The number of aliphatic carboxylic acids is 1. The predicted octanol–water partition coefficient (Wildman–Crippen LogP) is 3.10. The summed E-state index contributed by atoms with van der Waals surface area (Å²) in [5, 5.41) is 16.9. The minimum absolute atomic E-state index is 0.153. The lowest BCUT2D eigenvalue weighted by atomic mass is 10.2. The molecule has 7 heteroatoms. The van der Waals surface area contributed by atoms with Crippen LogP contribution in [-0.2, 0) is 17.8 Å². The number of ether oxygens (including phenoxy) is 1. The molecular formula is C14H15ClN2O4. The molecule has 1 aromatic carbocycles. The molecule has 2 aromatic rings. The van der Waals surface area contributed by atoms with Gasteiger partial charge in [0.1, 0.15) is 5.75 Å². The lowest BCUT2D eigenvalue weighted by Gasteiger charge is -2.02. The third kappa shape index (κ3) is 5.43. The first-order valence-electron chi connectivity index (χ1n) is 6.55. The van der Waals surface area contributed by atoms with Crippen molar-refractivity contribution < 1.29 is 19.1 Å². The number of aryl methyl sites for hydroxylation is 1. The Labute approximate surface area is 126 Å². The maximum atomic E-state index is 10.4. The van der Waals surface area contributed by atoms with Gasteiger partial charge in [-0.05, 0) is 37.1 Å². The maximum Gasteiger partial charge on any atom is 0.303 e. The van der Waals surface area contributed by atoms with Crippen molar-refractivity contribution in [2.45, 2.75) is 32.3 Å². The van der Waals surface area contributed by atoms with E-state index in [-0.39, 0.29) is 13.0 Å². The summed E-state index contributed by atoms with van der Waals surface area (Å²) in [5.74, 6) is 0.756. The zero-order valence-corrected chi connectivity index (χ0v) is 12.0. The molecule has 1 N–H and O–H groups in total. The van der Waals surface area contributed by atoms with Crippen molar-refractivity contribution in [2.75, 3.05) is 0 Å². The van der Waals surface area contributed by atoms with Crippen LogP contribution in [0.5, 0.6) is 5.75 Å². The Kier molecular flexibility index (Phi) is 5.57. The molecule has 0 amide bonds. The smallest absolute Gasteiger partial charge is 0.303 e. The van der Waals surface area contributed by atoms with Gasteiger partial charge >= 0.3 is 5.97 Å². The Balaban J connectivity index is 1.75. The van der Waals surface area contributed by atoms with E-state index in [2.05, 4.69) is 10.2 Å². The minimum Gasteiger partial charge on any atom is -0.484 e. The standard InChI is InChI=1S/C14H15ClN2O4/c15-10-5-7-11(8-6-10)20-9-13-17-16-12(21-13)3-1-2-4-14(18)19/h5-8H,1-4,9H2,(H,18,19). The summed E-state index contributed by atoms with van der Waals surface area (Å²) in [7, 11) is 0. The quantitative estimate of drug-likeness (QED) is 0.754. The molecule has 2 rings (SSSR count). The molecule has 21 heavy (non-hydrogen) atoms. The zero-order chi connectivity index (χ0) is 15.1. The highest BCUT2D eigenvalue weighted by molar-refractivity contribution is 6.30. The monoisotopic (exact) mass is 310 g/mol. The van der Waals surface area contributed by atoms with Crippen molar-refractivity contribution in [3.63, 3.8) is 0 Å². The van der Waals surface area contributed by atoms with Crippen LogP contribution in [0.15, 0.2) is 28.7 Å². The number of carboxylic acids is 1. The van der Waals surface area contributed by atoms with Gasteiger partial charge in [0.15, 0.2) is 6.61 Å². The van der Waals surface area contributed by atoms with Gasteiger partial charge < -0.3 is 14.3 Å². The largest absolute Gasteiger partial charge is 0.484 e. The average Bonchev–Trinajstić information content (AvgIpc) is 2.91. The molecule has 112 valence electrons. The van der Waals surface area contributed by atoms with Gasteiger partial charge in [-0.1, -0.05) is 11.6 Å². The van der Waals surface area contributed by atoms with Gasteiger partial charge in [0.2, 0.25) is 5.89 Å². The molecular weight excluding hydrogens is 296 g/mol. The number of unbranched alkanes of at least 4 members (excludes halogenated alkanes) is 1. The second kappa shape index (κ2) is 7.64. The van der Waals surface area contributed by atoms with Gasteiger partial charge in [0.05, 0.1) is 0 Å². The molecule has 0 fully saturated rings.